The molecule has 0 aromatic heterocycles. The zero-order chi connectivity index (χ0) is 7.56. The topological polar surface area (TPSA) is 26.0 Å². The summed E-state index contributed by atoms with van der Waals surface area (Å²) >= 11 is 0. The van der Waals surface area contributed by atoms with Crippen LogP contribution in [0.15, 0.2) is 0 Å². The zero-order valence-corrected chi connectivity index (χ0v) is 7.14. The van der Waals surface area contributed by atoms with Crippen molar-refractivity contribution in [2.24, 2.45) is 17.6 Å². The molecule has 0 aromatic carbocycles. The van der Waals surface area contributed by atoms with Crippen LogP contribution in [0.3, 0.4) is 0 Å². The highest BCUT2D eigenvalue weighted by molar-refractivity contribution is 4.78. The third kappa shape index (κ3) is 2.30. The van der Waals surface area contributed by atoms with Gasteiger partial charge in [0.1, 0.15) is 0 Å². The first-order valence-corrected chi connectivity index (χ1v) is 4.49. The van der Waals surface area contributed by atoms with Crippen molar-refractivity contribution < 1.29 is 0 Å². The van der Waals surface area contributed by atoms with Gasteiger partial charge in [-0.25, -0.2) is 0 Å². The lowest BCUT2D eigenvalue weighted by Gasteiger charge is -2.17. The highest BCUT2D eigenvalue weighted by Crippen LogP contribution is 2.35. The van der Waals surface area contributed by atoms with Crippen molar-refractivity contribution in [2.75, 3.05) is 0 Å². The van der Waals surface area contributed by atoms with Gasteiger partial charge in [-0.3, -0.25) is 0 Å². The van der Waals surface area contributed by atoms with E-state index in [1.807, 2.05) is 0 Å². The fourth-order valence-electron chi connectivity index (χ4n) is 1.46. The van der Waals surface area contributed by atoms with E-state index in [1.54, 1.807) is 0 Å². The average Bonchev–Trinajstić information content (AvgIpc) is 2.70. The average molecular weight is 141 g/mol. The lowest BCUT2D eigenvalue weighted by molar-refractivity contribution is 0.397. The fourth-order valence-corrected chi connectivity index (χ4v) is 1.46. The normalized spacial score (nSPS) is 24.3. The lowest BCUT2D eigenvalue weighted by Crippen LogP contribution is -2.27. The van der Waals surface area contributed by atoms with Gasteiger partial charge >= 0.3 is 0 Å². The zero-order valence-electron chi connectivity index (χ0n) is 7.14. The highest BCUT2D eigenvalue weighted by Gasteiger charge is 2.25. The minimum Gasteiger partial charge on any atom is -0.327 e. The van der Waals surface area contributed by atoms with Gasteiger partial charge in [0, 0.05) is 6.04 Å². The molecule has 0 saturated heterocycles. The molecule has 1 nitrogen and oxygen atoms in total. The maximum atomic E-state index is 5.89. The van der Waals surface area contributed by atoms with Gasteiger partial charge in [0.25, 0.3) is 0 Å². The van der Waals surface area contributed by atoms with E-state index in [0.29, 0.717) is 6.04 Å². The monoisotopic (exact) mass is 141 g/mol. The van der Waals surface area contributed by atoms with Crippen LogP contribution >= 0.6 is 0 Å². The molecule has 10 heavy (non-hydrogen) atoms. The molecule has 0 spiro atoms. The van der Waals surface area contributed by atoms with Crippen LogP contribution in [-0.2, 0) is 0 Å². The maximum Gasteiger partial charge on any atom is 0.00620 e. The summed E-state index contributed by atoms with van der Waals surface area (Å²) in [5, 5.41) is 0. The van der Waals surface area contributed by atoms with Crippen LogP contribution in [0, 0.1) is 11.8 Å². The summed E-state index contributed by atoms with van der Waals surface area (Å²) in [5.41, 5.74) is 5.89. The molecule has 1 aliphatic rings. The number of hydrogen-bond donors (Lipinski definition) is 1. The van der Waals surface area contributed by atoms with Crippen molar-refractivity contribution in [1.82, 2.24) is 0 Å². The molecule has 0 bridgehead atoms. The van der Waals surface area contributed by atoms with Gasteiger partial charge in [-0.05, 0) is 24.7 Å². The molecule has 2 unspecified atom stereocenters. The van der Waals surface area contributed by atoms with Gasteiger partial charge in [0.2, 0.25) is 0 Å². The molecule has 0 aromatic rings. The third-order valence-corrected chi connectivity index (χ3v) is 2.60. The molecule has 1 rings (SSSR count). The van der Waals surface area contributed by atoms with Crippen LogP contribution in [-0.4, -0.2) is 6.04 Å². The molecule has 60 valence electrons. The Labute approximate surface area is 64.0 Å². The first-order valence-electron chi connectivity index (χ1n) is 4.49. The van der Waals surface area contributed by atoms with E-state index >= 15 is 0 Å². The third-order valence-electron chi connectivity index (χ3n) is 2.60. The lowest BCUT2D eigenvalue weighted by atomic mass is 9.95. The predicted molar refractivity (Wildman–Crippen MR) is 44.8 cm³/mol. The van der Waals surface area contributed by atoms with Crippen LogP contribution in [0.25, 0.3) is 0 Å². The second-order valence-electron chi connectivity index (χ2n) is 3.73. The molecule has 0 amide bonds. The minimum absolute atomic E-state index is 0.445. The number of rotatable bonds is 4. The largest absolute Gasteiger partial charge is 0.327 e. The Morgan fingerprint density at radius 2 is 2.10 bits per heavy atom. The van der Waals surface area contributed by atoms with Crippen LogP contribution in [0.5, 0.6) is 0 Å². The van der Waals surface area contributed by atoms with Crippen LogP contribution in [0.1, 0.15) is 39.5 Å². The highest BCUT2D eigenvalue weighted by atomic mass is 14.6. The molecule has 1 heteroatoms. The first kappa shape index (κ1) is 8.06. The molecule has 0 heterocycles. The smallest absolute Gasteiger partial charge is 0.00620 e. The van der Waals surface area contributed by atoms with Gasteiger partial charge < -0.3 is 5.73 Å². The van der Waals surface area contributed by atoms with Crippen molar-refractivity contribution in [3.63, 3.8) is 0 Å². The Hall–Kier alpha value is -0.0400. The Morgan fingerprint density at radius 3 is 2.50 bits per heavy atom. The van der Waals surface area contributed by atoms with Crippen molar-refractivity contribution in [1.29, 1.82) is 0 Å². The Morgan fingerprint density at radius 1 is 1.50 bits per heavy atom. The van der Waals surface area contributed by atoms with Gasteiger partial charge in [0.15, 0.2) is 0 Å². The van der Waals surface area contributed by atoms with Crippen molar-refractivity contribution in [3.05, 3.63) is 0 Å². The van der Waals surface area contributed by atoms with Crippen molar-refractivity contribution in [3.8, 4) is 0 Å². The van der Waals surface area contributed by atoms with E-state index in [9.17, 15) is 0 Å². The Bertz CT molecular complexity index is 96.9. The van der Waals surface area contributed by atoms with E-state index in [-0.39, 0.29) is 0 Å². The summed E-state index contributed by atoms with van der Waals surface area (Å²) in [7, 11) is 0. The minimum atomic E-state index is 0.445. The quantitative estimate of drug-likeness (QED) is 0.638. The van der Waals surface area contributed by atoms with E-state index in [0.717, 1.165) is 18.3 Å². The fraction of sp³-hybridized carbons (Fsp3) is 1.00. The summed E-state index contributed by atoms with van der Waals surface area (Å²) in [6.07, 6.45) is 5.42. The van der Waals surface area contributed by atoms with Gasteiger partial charge in [-0.1, -0.05) is 26.7 Å². The molecule has 1 aliphatic carbocycles. The predicted octanol–water partition coefficient (Wildman–Crippen LogP) is 2.16. The van der Waals surface area contributed by atoms with E-state index in [4.69, 9.17) is 5.73 Å². The van der Waals surface area contributed by atoms with Crippen LogP contribution in [0.4, 0.5) is 0 Å². The van der Waals surface area contributed by atoms with Crippen molar-refractivity contribution >= 4 is 0 Å². The molecular formula is C9H19N. The Balaban J connectivity index is 2.11. The van der Waals surface area contributed by atoms with Crippen molar-refractivity contribution in [2.45, 2.75) is 45.6 Å². The SMILES string of the molecule is CCC(N)C(C)CC1CC1. The molecular weight excluding hydrogens is 122 g/mol. The summed E-state index contributed by atoms with van der Waals surface area (Å²) in [4.78, 5) is 0. The van der Waals surface area contributed by atoms with E-state index in [1.165, 1.54) is 19.3 Å². The van der Waals surface area contributed by atoms with Gasteiger partial charge in [-0.15, -0.1) is 0 Å². The molecule has 1 saturated carbocycles. The van der Waals surface area contributed by atoms with E-state index < -0.39 is 0 Å². The number of hydrogen-bond acceptors (Lipinski definition) is 1. The second kappa shape index (κ2) is 3.38. The van der Waals surface area contributed by atoms with Crippen LogP contribution in [0.2, 0.25) is 0 Å². The van der Waals surface area contributed by atoms with Crippen LogP contribution < -0.4 is 5.73 Å². The summed E-state index contributed by atoms with van der Waals surface area (Å²) < 4.78 is 0. The first-order chi connectivity index (χ1) is 4.74. The molecule has 0 aliphatic heterocycles. The van der Waals surface area contributed by atoms with Gasteiger partial charge in [0.05, 0.1) is 0 Å². The van der Waals surface area contributed by atoms with Gasteiger partial charge in [-0.2, -0.15) is 0 Å². The second-order valence-corrected chi connectivity index (χ2v) is 3.73. The molecule has 2 atom stereocenters. The Kier molecular flexibility index (Phi) is 2.72. The molecule has 1 fully saturated rings. The number of nitrogens with two attached hydrogens (primary N) is 1. The summed E-state index contributed by atoms with van der Waals surface area (Å²) in [6.45, 7) is 4.46. The summed E-state index contributed by atoms with van der Waals surface area (Å²) in [5.74, 6) is 1.78. The summed E-state index contributed by atoms with van der Waals surface area (Å²) in [6, 6.07) is 0.445. The molecule has 2 N–H and O–H groups in total. The maximum absolute atomic E-state index is 5.89. The standard InChI is InChI=1S/C9H19N/c1-3-9(10)7(2)6-8-4-5-8/h7-9H,3-6,10H2,1-2H3. The van der Waals surface area contributed by atoms with E-state index in [2.05, 4.69) is 13.8 Å². The molecule has 0 radical (unpaired) electrons.